The number of alkyl halides is 2. The zero-order valence-corrected chi connectivity index (χ0v) is 22.6. The summed E-state index contributed by atoms with van der Waals surface area (Å²) in [7, 11) is 0. The molecule has 0 bridgehead atoms. The van der Waals surface area contributed by atoms with Crippen LogP contribution in [0.4, 0.5) is 8.78 Å². The Morgan fingerprint density at radius 1 is 1.11 bits per heavy atom. The lowest BCUT2D eigenvalue weighted by molar-refractivity contribution is -0.174. The molecule has 1 unspecified atom stereocenters. The fourth-order valence-corrected chi connectivity index (χ4v) is 9.71. The first kappa shape index (κ1) is 26.6. The number of carbonyl (C=O) groups is 1. The normalized spacial score (nSPS) is 41.9. The molecule has 0 spiro atoms. The Labute approximate surface area is 216 Å². The number of likely N-dealkylation sites (tertiary alicyclic amines) is 1. The lowest BCUT2D eigenvalue weighted by Crippen LogP contribution is -2.50. The van der Waals surface area contributed by atoms with Crippen LogP contribution in [0.25, 0.3) is 0 Å². The Morgan fingerprint density at radius 2 is 1.86 bits per heavy atom. The van der Waals surface area contributed by atoms with Crippen LogP contribution < -0.4 is 0 Å². The highest BCUT2D eigenvalue weighted by atomic mass is 19.3. The minimum Gasteiger partial charge on any atom is -0.393 e. The average molecular weight is 508 g/mol. The first-order chi connectivity index (χ1) is 17.1. The van der Waals surface area contributed by atoms with Gasteiger partial charge in [-0.2, -0.15) is 8.78 Å². The molecule has 1 aliphatic heterocycles. The van der Waals surface area contributed by atoms with Crippen LogP contribution in [-0.2, 0) is 9.53 Å². The number of halogens is 2. The summed E-state index contributed by atoms with van der Waals surface area (Å²) < 4.78 is 29.6. The van der Waals surface area contributed by atoms with Crippen LogP contribution in [0.1, 0.15) is 97.8 Å². The molecule has 204 valence electrons. The summed E-state index contributed by atoms with van der Waals surface area (Å²) in [4.78, 5) is 14.8. The van der Waals surface area contributed by atoms with Gasteiger partial charge in [0.2, 0.25) is 5.91 Å². The molecule has 4 aliphatic carbocycles. The van der Waals surface area contributed by atoms with E-state index in [0.29, 0.717) is 49.6 Å². The van der Waals surface area contributed by atoms with Gasteiger partial charge >= 0.3 is 6.61 Å². The third kappa shape index (κ3) is 4.79. The topological polar surface area (TPSA) is 49.8 Å². The number of ether oxygens (including phenoxy) is 1. The van der Waals surface area contributed by atoms with Crippen molar-refractivity contribution in [2.45, 2.75) is 117 Å². The van der Waals surface area contributed by atoms with Gasteiger partial charge in [-0.05, 0) is 111 Å². The van der Waals surface area contributed by atoms with E-state index >= 15 is 0 Å². The van der Waals surface area contributed by atoms with Gasteiger partial charge in [0.1, 0.15) is 0 Å². The molecule has 6 heteroatoms. The highest BCUT2D eigenvalue weighted by Gasteiger charge is 2.59. The van der Waals surface area contributed by atoms with E-state index in [1.165, 1.54) is 37.7 Å². The number of nitrogens with zero attached hydrogens (tertiary/aromatic N) is 1. The number of piperidine rings is 1. The summed E-state index contributed by atoms with van der Waals surface area (Å²) in [5.41, 5.74) is 2.19. The van der Waals surface area contributed by atoms with Crippen LogP contribution in [0.15, 0.2) is 11.6 Å². The van der Waals surface area contributed by atoms with Gasteiger partial charge in [-0.25, -0.2) is 0 Å². The Kier molecular flexibility index (Phi) is 7.59. The zero-order chi connectivity index (χ0) is 25.7. The van der Waals surface area contributed by atoms with Gasteiger partial charge in [-0.3, -0.25) is 4.79 Å². The smallest absolute Gasteiger partial charge is 0.345 e. The quantitative estimate of drug-likeness (QED) is 0.414. The molecule has 8 atom stereocenters. The summed E-state index contributed by atoms with van der Waals surface area (Å²) in [5.74, 6) is 3.68. The molecule has 5 rings (SSSR count). The lowest BCUT2D eigenvalue weighted by Gasteiger charge is -2.58. The molecule has 3 saturated carbocycles. The largest absolute Gasteiger partial charge is 0.393 e. The minimum atomic E-state index is -2.73. The SMILES string of the molecule is CC(CCC(=O)N1CCC(OC(F)F)CC1)[C@H]1CC[C@H]2[C@@H]3CC=C4C[C@@H](O)CC[C@]4(C)[C@H]3CC[C@]12C. The molecular weight excluding hydrogens is 460 g/mol. The number of aliphatic hydroxyl groups excluding tert-OH is 1. The van der Waals surface area contributed by atoms with Crippen LogP contribution in [0, 0.1) is 40.4 Å². The van der Waals surface area contributed by atoms with E-state index in [2.05, 4.69) is 31.6 Å². The molecule has 4 fully saturated rings. The number of hydrogen-bond donors (Lipinski definition) is 1. The van der Waals surface area contributed by atoms with E-state index in [1.807, 2.05) is 4.90 Å². The van der Waals surface area contributed by atoms with Crippen molar-refractivity contribution in [3.63, 3.8) is 0 Å². The summed E-state index contributed by atoms with van der Waals surface area (Å²) in [6.07, 6.45) is 13.8. The van der Waals surface area contributed by atoms with E-state index in [4.69, 9.17) is 0 Å². The molecule has 0 aromatic rings. The number of aliphatic hydroxyl groups is 1. The fraction of sp³-hybridized carbons (Fsp3) is 0.900. The molecule has 36 heavy (non-hydrogen) atoms. The number of amides is 1. The maximum atomic E-state index is 12.9. The molecular formula is C30H47F2NO3. The summed E-state index contributed by atoms with van der Waals surface area (Å²) in [6.45, 7) is 5.75. The van der Waals surface area contributed by atoms with E-state index in [9.17, 15) is 18.7 Å². The fourth-order valence-electron chi connectivity index (χ4n) is 9.71. The second kappa shape index (κ2) is 10.3. The van der Waals surface area contributed by atoms with Crippen LogP contribution in [-0.4, -0.2) is 47.8 Å². The van der Waals surface area contributed by atoms with Crippen LogP contribution >= 0.6 is 0 Å². The number of carbonyl (C=O) groups excluding carboxylic acids is 1. The predicted octanol–water partition coefficient (Wildman–Crippen LogP) is 6.57. The third-order valence-corrected chi connectivity index (χ3v) is 11.7. The summed E-state index contributed by atoms with van der Waals surface area (Å²) in [6, 6.07) is 0. The van der Waals surface area contributed by atoms with Crippen molar-refractivity contribution < 1.29 is 23.4 Å². The molecule has 0 aromatic heterocycles. The predicted molar refractivity (Wildman–Crippen MR) is 136 cm³/mol. The highest BCUT2D eigenvalue weighted by Crippen LogP contribution is 2.67. The van der Waals surface area contributed by atoms with Crippen molar-refractivity contribution in [1.82, 2.24) is 4.90 Å². The second-order valence-corrected chi connectivity index (χ2v) is 13.4. The Morgan fingerprint density at radius 3 is 2.58 bits per heavy atom. The van der Waals surface area contributed by atoms with E-state index in [-0.39, 0.29) is 17.4 Å². The number of allylic oxidation sites excluding steroid dienone is 1. The van der Waals surface area contributed by atoms with Crippen molar-refractivity contribution in [2.24, 2.45) is 40.4 Å². The molecule has 0 aromatic carbocycles. The molecule has 0 radical (unpaired) electrons. The van der Waals surface area contributed by atoms with Gasteiger partial charge in [0, 0.05) is 19.5 Å². The Hall–Kier alpha value is -1.01. The highest BCUT2D eigenvalue weighted by molar-refractivity contribution is 5.76. The molecule has 5 aliphatic rings. The van der Waals surface area contributed by atoms with Gasteiger partial charge < -0.3 is 14.7 Å². The Bertz CT molecular complexity index is 840. The van der Waals surface area contributed by atoms with Crippen molar-refractivity contribution in [3.05, 3.63) is 11.6 Å². The number of fused-ring (bicyclic) bond motifs is 5. The third-order valence-electron chi connectivity index (χ3n) is 11.7. The lowest BCUT2D eigenvalue weighted by atomic mass is 9.47. The maximum Gasteiger partial charge on any atom is 0.345 e. The molecule has 1 N–H and O–H groups in total. The van der Waals surface area contributed by atoms with Crippen molar-refractivity contribution in [2.75, 3.05) is 13.1 Å². The van der Waals surface area contributed by atoms with Crippen LogP contribution in [0.2, 0.25) is 0 Å². The average Bonchev–Trinajstić information content (AvgIpc) is 3.20. The standard InChI is InChI=1S/C30H47F2NO3/c1-19(4-9-27(35)33-16-12-22(13-17-33)36-28(31)32)24-7-8-25-23-6-5-20-18-21(34)10-14-29(20,2)26(23)11-15-30(24,25)3/h5,19,21-26,28,34H,4,6-18H2,1-3H3/t19?,21-,23-,24+,25-,26-,29-,30+/m0/s1. The first-order valence-corrected chi connectivity index (χ1v) is 14.7. The maximum absolute atomic E-state index is 12.9. The number of rotatable bonds is 6. The Balaban J connectivity index is 1.17. The first-order valence-electron chi connectivity index (χ1n) is 14.7. The van der Waals surface area contributed by atoms with E-state index in [1.54, 1.807) is 0 Å². The van der Waals surface area contributed by atoms with Crippen molar-refractivity contribution in [3.8, 4) is 0 Å². The molecule has 1 saturated heterocycles. The zero-order valence-electron chi connectivity index (χ0n) is 22.6. The van der Waals surface area contributed by atoms with Gasteiger partial charge in [0.15, 0.2) is 0 Å². The summed E-state index contributed by atoms with van der Waals surface area (Å²) >= 11 is 0. The van der Waals surface area contributed by atoms with Crippen molar-refractivity contribution >= 4 is 5.91 Å². The van der Waals surface area contributed by atoms with E-state index in [0.717, 1.165) is 43.4 Å². The second-order valence-electron chi connectivity index (χ2n) is 13.4. The van der Waals surface area contributed by atoms with E-state index < -0.39 is 12.7 Å². The molecule has 1 amide bonds. The van der Waals surface area contributed by atoms with Crippen LogP contribution in [0.3, 0.4) is 0 Å². The minimum absolute atomic E-state index is 0.147. The van der Waals surface area contributed by atoms with Crippen LogP contribution in [0.5, 0.6) is 0 Å². The van der Waals surface area contributed by atoms with Gasteiger partial charge in [-0.1, -0.05) is 32.4 Å². The van der Waals surface area contributed by atoms with Gasteiger partial charge in [0.25, 0.3) is 0 Å². The summed E-state index contributed by atoms with van der Waals surface area (Å²) in [5, 5.41) is 10.3. The molecule has 1 heterocycles. The monoisotopic (exact) mass is 507 g/mol. The van der Waals surface area contributed by atoms with Crippen molar-refractivity contribution in [1.29, 1.82) is 0 Å². The number of hydrogen-bond acceptors (Lipinski definition) is 3. The van der Waals surface area contributed by atoms with Gasteiger partial charge in [0.05, 0.1) is 12.2 Å². The molecule has 4 nitrogen and oxygen atoms in total. The van der Waals surface area contributed by atoms with Gasteiger partial charge in [-0.15, -0.1) is 0 Å².